The first-order chi connectivity index (χ1) is 9.52. The van der Waals surface area contributed by atoms with Gasteiger partial charge >= 0.3 is 12.0 Å². The molecule has 0 aliphatic carbocycles. The van der Waals surface area contributed by atoms with Crippen molar-refractivity contribution in [3.63, 3.8) is 0 Å². The Labute approximate surface area is 123 Å². The first kappa shape index (κ1) is 16.4. The van der Waals surface area contributed by atoms with E-state index >= 15 is 0 Å². The lowest BCUT2D eigenvalue weighted by Crippen LogP contribution is -2.38. The molecular formula is C14H20N2O3S. The van der Waals surface area contributed by atoms with E-state index < -0.39 is 5.97 Å². The Morgan fingerprint density at radius 1 is 1.30 bits per heavy atom. The van der Waals surface area contributed by atoms with Crippen LogP contribution in [0.2, 0.25) is 0 Å². The second-order valence-corrected chi connectivity index (χ2v) is 5.61. The van der Waals surface area contributed by atoms with Crippen molar-refractivity contribution < 1.29 is 14.7 Å². The highest BCUT2D eigenvalue weighted by molar-refractivity contribution is 7.99. The lowest BCUT2D eigenvalue weighted by molar-refractivity contribution is -0.136. The summed E-state index contributed by atoms with van der Waals surface area (Å²) in [6.45, 7) is 4.11. The van der Waals surface area contributed by atoms with Gasteiger partial charge in [0.05, 0.1) is 12.5 Å². The van der Waals surface area contributed by atoms with Crippen molar-refractivity contribution in [2.75, 3.05) is 12.3 Å². The first-order valence-corrected chi connectivity index (χ1v) is 7.50. The topological polar surface area (TPSA) is 78.4 Å². The van der Waals surface area contributed by atoms with E-state index in [1.165, 1.54) is 4.90 Å². The monoisotopic (exact) mass is 296 g/mol. The van der Waals surface area contributed by atoms with Crippen LogP contribution in [-0.2, 0) is 4.79 Å². The number of rotatable bonds is 7. The molecule has 20 heavy (non-hydrogen) atoms. The summed E-state index contributed by atoms with van der Waals surface area (Å²) in [4.78, 5) is 23.1. The zero-order valence-corrected chi connectivity index (χ0v) is 12.5. The van der Waals surface area contributed by atoms with E-state index in [1.807, 2.05) is 31.2 Å². The molecule has 0 spiro atoms. The van der Waals surface area contributed by atoms with Crippen LogP contribution in [0.25, 0.3) is 0 Å². The predicted octanol–water partition coefficient (Wildman–Crippen LogP) is 2.63. The van der Waals surface area contributed by atoms with Crippen molar-refractivity contribution >= 4 is 23.8 Å². The number of nitrogens with one attached hydrogen (secondary N) is 2. The van der Waals surface area contributed by atoms with Gasteiger partial charge < -0.3 is 15.7 Å². The molecule has 6 heteroatoms. The number of carboxylic acids is 1. The van der Waals surface area contributed by atoms with Crippen LogP contribution in [-0.4, -0.2) is 29.4 Å². The Morgan fingerprint density at radius 3 is 2.50 bits per heavy atom. The number of benzene rings is 1. The maximum atomic E-state index is 11.6. The minimum absolute atomic E-state index is 0.0786. The van der Waals surface area contributed by atoms with E-state index in [9.17, 15) is 9.59 Å². The van der Waals surface area contributed by atoms with Crippen LogP contribution in [0.15, 0.2) is 29.2 Å². The van der Waals surface area contributed by atoms with E-state index in [2.05, 4.69) is 17.6 Å². The molecule has 110 valence electrons. The Balaban J connectivity index is 2.42. The second-order valence-electron chi connectivity index (χ2n) is 4.27. The molecule has 0 saturated carbocycles. The second kappa shape index (κ2) is 8.47. The summed E-state index contributed by atoms with van der Waals surface area (Å²) in [5, 5.41) is 13.8. The normalized spacial score (nSPS) is 11.7. The molecule has 3 N–H and O–H groups in total. The third-order valence-corrected chi connectivity index (χ3v) is 3.56. The number of hydrogen-bond donors (Lipinski definition) is 3. The van der Waals surface area contributed by atoms with Gasteiger partial charge in [-0.3, -0.25) is 4.79 Å². The van der Waals surface area contributed by atoms with Gasteiger partial charge in [0, 0.05) is 11.4 Å². The summed E-state index contributed by atoms with van der Waals surface area (Å²) in [5.41, 5.74) is 1.01. The van der Waals surface area contributed by atoms with E-state index in [0.29, 0.717) is 0 Å². The van der Waals surface area contributed by atoms with Crippen molar-refractivity contribution in [3.8, 4) is 0 Å². The fraction of sp³-hybridized carbons (Fsp3) is 0.429. The number of carbonyl (C=O) groups is 2. The highest BCUT2D eigenvalue weighted by atomic mass is 32.2. The van der Waals surface area contributed by atoms with Crippen LogP contribution in [0.1, 0.15) is 31.9 Å². The number of urea groups is 1. The van der Waals surface area contributed by atoms with Crippen molar-refractivity contribution in [1.29, 1.82) is 0 Å². The average Bonchev–Trinajstić information content (AvgIpc) is 2.39. The lowest BCUT2D eigenvalue weighted by Gasteiger charge is -2.15. The van der Waals surface area contributed by atoms with Crippen LogP contribution in [0.5, 0.6) is 0 Å². The molecule has 0 fully saturated rings. The highest BCUT2D eigenvalue weighted by Crippen LogP contribution is 2.20. The molecule has 1 unspecified atom stereocenters. The van der Waals surface area contributed by atoms with Gasteiger partial charge in [-0.15, -0.1) is 11.8 Å². The summed E-state index contributed by atoms with van der Waals surface area (Å²) >= 11 is 1.77. The minimum Gasteiger partial charge on any atom is -0.481 e. The van der Waals surface area contributed by atoms with Crippen LogP contribution in [0, 0.1) is 0 Å². The molecule has 0 aliphatic heterocycles. The zero-order valence-electron chi connectivity index (χ0n) is 11.7. The van der Waals surface area contributed by atoms with E-state index in [4.69, 9.17) is 5.11 Å². The van der Waals surface area contributed by atoms with Crippen molar-refractivity contribution in [3.05, 3.63) is 29.8 Å². The third kappa shape index (κ3) is 5.97. The van der Waals surface area contributed by atoms with Gasteiger partial charge in [-0.05, 0) is 30.4 Å². The largest absolute Gasteiger partial charge is 0.481 e. The van der Waals surface area contributed by atoms with Crippen molar-refractivity contribution in [2.24, 2.45) is 0 Å². The summed E-state index contributed by atoms with van der Waals surface area (Å²) in [6, 6.07) is 7.56. The predicted molar refractivity (Wildman–Crippen MR) is 80.0 cm³/mol. The van der Waals surface area contributed by atoms with Crippen molar-refractivity contribution in [2.45, 2.75) is 31.2 Å². The molecule has 0 saturated heterocycles. The number of carbonyl (C=O) groups excluding carboxylic acids is 1. The quantitative estimate of drug-likeness (QED) is 0.676. The minimum atomic E-state index is -0.928. The third-order valence-electron chi connectivity index (χ3n) is 2.66. The smallest absolute Gasteiger partial charge is 0.315 e. The number of hydrogen-bond acceptors (Lipinski definition) is 3. The Kier molecular flexibility index (Phi) is 6.93. The average molecular weight is 296 g/mol. The van der Waals surface area contributed by atoms with E-state index in [1.54, 1.807) is 11.8 Å². The van der Waals surface area contributed by atoms with Gasteiger partial charge in [-0.1, -0.05) is 19.1 Å². The Hall–Kier alpha value is -1.69. The van der Waals surface area contributed by atoms with Gasteiger partial charge in [0.15, 0.2) is 0 Å². The summed E-state index contributed by atoms with van der Waals surface area (Å²) in [7, 11) is 0. The maximum absolute atomic E-state index is 11.6. The molecule has 1 aromatic carbocycles. The molecular weight excluding hydrogens is 276 g/mol. The van der Waals surface area contributed by atoms with Gasteiger partial charge in [0.1, 0.15) is 0 Å². The van der Waals surface area contributed by atoms with Gasteiger partial charge in [0.2, 0.25) is 0 Å². The molecule has 0 heterocycles. The van der Waals surface area contributed by atoms with Crippen LogP contribution in [0.3, 0.4) is 0 Å². The summed E-state index contributed by atoms with van der Waals surface area (Å²) in [5.74, 6) is 0.0985. The molecule has 0 bridgehead atoms. The summed E-state index contributed by atoms with van der Waals surface area (Å²) < 4.78 is 0. The molecule has 1 atom stereocenters. The number of amides is 2. The molecule has 0 aliphatic rings. The van der Waals surface area contributed by atoms with Gasteiger partial charge in [-0.2, -0.15) is 0 Å². The molecule has 0 aromatic heterocycles. The van der Waals surface area contributed by atoms with Gasteiger partial charge in [-0.25, -0.2) is 4.79 Å². The molecule has 5 nitrogen and oxygen atoms in total. The highest BCUT2D eigenvalue weighted by Gasteiger charge is 2.09. The number of thioether (sulfide) groups is 1. The van der Waals surface area contributed by atoms with Crippen LogP contribution >= 0.6 is 11.8 Å². The maximum Gasteiger partial charge on any atom is 0.315 e. The number of carboxylic acid groups (broad SMARTS) is 1. The molecule has 2 amide bonds. The number of aliphatic carboxylic acids is 1. The molecule has 0 radical (unpaired) electrons. The fourth-order valence-corrected chi connectivity index (χ4v) is 2.30. The van der Waals surface area contributed by atoms with E-state index in [0.717, 1.165) is 11.3 Å². The molecule has 1 aromatic rings. The van der Waals surface area contributed by atoms with Crippen LogP contribution in [0.4, 0.5) is 4.79 Å². The Bertz CT molecular complexity index is 448. The molecule has 1 rings (SSSR count). The van der Waals surface area contributed by atoms with Crippen molar-refractivity contribution in [1.82, 2.24) is 10.6 Å². The first-order valence-electron chi connectivity index (χ1n) is 6.51. The zero-order chi connectivity index (χ0) is 15.0. The summed E-state index contributed by atoms with van der Waals surface area (Å²) in [6.07, 6.45) is -0.0786. The Morgan fingerprint density at radius 2 is 1.95 bits per heavy atom. The SMILES string of the molecule is CCSc1ccc(C(C)NC(=O)NCCC(=O)O)cc1. The van der Waals surface area contributed by atoms with E-state index in [-0.39, 0.29) is 25.0 Å². The standard InChI is InChI=1S/C14H20N2O3S/c1-3-20-12-6-4-11(5-7-12)10(2)16-14(19)15-9-8-13(17)18/h4-7,10H,3,8-9H2,1-2H3,(H,17,18)(H2,15,16,19). The van der Waals surface area contributed by atoms with Gasteiger partial charge in [0.25, 0.3) is 0 Å². The van der Waals surface area contributed by atoms with Crippen LogP contribution < -0.4 is 10.6 Å². The fourth-order valence-electron chi connectivity index (χ4n) is 1.63. The lowest BCUT2D eigenvalue weighted by atomic mass is 10.1.